The van der Waals surface area contributed by atoms with Crippen LogP contribution in [0.3, 0.4) is 0 Å². The number of carboxylic acid groups (broad SMARTS) is 1. The van der Waals surface area contributed by atoms with Crippen molar-refractivity contribution in [3.8, 4) is 0 Å². The van der Waals surface area contributed by atoms with Crippen LogP contribution in [-0.4, -0.2) is 66.2 Å². The van der Waals surface area contributed by atoms with E-state index in [4.69, 9.17) is 0 Å². The third-order valence-electron chi connectivity index (χ3n) is 4.09. The van der Waals surface area contributed by atoms with E-state index in [1.54, 1.807) is 9.80 Å². The average Bonchev–Trinajstić information content (AvgIpc) is 2.53. The molecule has 2 rings (SSSR count). The second-order valence-electron chi connectivity index (χ2n) is 5.28. The van der Waals surface area contributed by atoms with Crippen molar-refractivity contribution in [3.05, 3.63) is 12.2 Å². The van der Waals surface area contributed by atoms with Gasteiger partial charge in [0, 0.05) is 26.2 Å². The number of ether oxygens (including phenoxy) is 1. The molecule has 1 N–H and O–H groups in total. The lowest BCUT2D eigenvalue weighted by molar-refractivity contribution is -0.151. The van der Waals surface area contributed by atoms with Gasteiger partial charge in [0.15, 0.2) is 0 Å². The van der Waals surface area contributed by atoms with Gasteiger partial charge >= 0.3 is 12.1 Å². The van der Waals surface area contributed by atoms with Crippen LogP contribution >= 0.6 is 0 Å². The van der Waals surface area contributed by atoms with E-state index < -0.39 is 23.9 Å². The van der Waals surface area contributed by atoms with Gasteiger partial charge in [-0.2, -0.15) is 0 Å². The number of hydrogen-bond acceptors (Lipinski definition) is 4. The minimum absolute atomic E-state index is 0.128. The van der Waals surface area contributed by atoms with Crippen LogP contribution in [-0.2, 0) is 14.3 Å². The fourth-order valence-corrected chi connectivity index (χ4v) is 2.83. The molecule has 21 heavy (non-hydrogen) atoms. The summed E-state index contributed by atoms with van der Waals surface area (Å²) >= 11 is 0. The first-order valence-electron chi connectivity index (χ1n) is 7.04. The first-order valence-corrected chi connectivity index (χ1v) is 7.04. The van der Waals surface area contributed by atoms with Gasteiger partial charge in [0.1, 0.15) is 0 Å². The Balaban J connectivity index is 1.96. The number of methoxy groups -OCH3 is 1. The number of allylic oxidation sites excluding steroid dienone is 2. The van der Waals surface area contributed by atoms with Gasteiger partial charge in [-0.15, -0.1) is 0 Å². The number of aliphatic carboxylic acids is 1. The highest BCUT2D eigenvalue weighted by molar-refractivity contribution is 5.85. The SMILES string of the molecule is COC(=O)N1CCN(C(=O)[C@@H]2CC=CC[C@@H]2C(=O)O)CC1. The minimum atomic E-state index is -0.925. The summed E-state index contributed by atoms with van der Waals surface area (Å²) in [5, 5.41) is 9.23. The van der Waals surface area contributed by atoms with E-state index in [1.807, 2.05) is 12.2 Å². The van der Waals surface area contributed by atoms with E-state index in [0.717, 1.165) is 0 Å². The first kappa shape index (κ1) is 15.3. The fourth-order valence-electron chi connectivity index (χ4n) is 2.83. The van der Waals surface area contributed by atoms with Gasteiger partial charge in [-0.1, -0.05) is 12.2 Å². The lowest BCUT2D eigenvalue weighted by Crippen LogP contribution is -2.53. The van der Waals surface area contributed by atoms with Crippen LogP contribution in [0.5, 0.6) is 0 Å². The zero-order valence-corrected chi connectivity index (χ0v) is 12.0. The number of carbonyl (C=O) groups is 3. The van der Waals surface area contributed by atoms with E-state index in [0.29, 0.717) is 39.0 Å². The Bertz CT molecular complexity index is 454. The van der Waals surface area contributed by atoms with E-state index in [1.165, 1.54) is 7.11 Å². The Labute approximate surface area is 123 Å². The Morgan fingerprint density at radius 1 is 1.00 bits per heavy atom. The van der Waals surface area contributed by atoms with E-state index >= 15 is 0 Å². The van der Waals surface area contributed by atoms with Gasteiger partial charge in [0.05, 0.1) is 18.9 Å². The maximum Gasteiger partial charge on any atom is 0.409 e. The summed E-state index contributed by atoms with van der Waals surface area (Å²) < 4.78 is 4.65. The van der Waals surface area contributed by atoms with Crippen molar-refractivity contribution < 1.29 is 24.2 Å². The largest absolute Gasteiger partial charge is 0.481 e. The van der Waals surface area contributed by atoms with Gasteiger partial charge in [0.2, 0.25) is 5.91 Å². The summed E-state index contributed by atoms with van der Waals surface area (Å²) in [5.74, 6) is -2.21. The van der Waals surface area contributed by atoms with Gasteiger partial charge in [-0.05, 0) is 12.8 Å². The summed E-state index contributed by atoms with van der Waals surface area (Å²) in [5.41, 5.74) is 0. The van der Waals surface area contributed by atoms with E-state index in [2.05, 4.69) is 4.74 Å². The summed E-state index contributed by atoms with van der Waals surface area (Å²) in [6.07, 6.45) is 4.15. The quantitative estimate of drug-likeness (QED) is 0.753. The molecule has 0 unspecified atom stereocenters. The summed E-state index contributed by atoms with van der Waals surface area (Å²) in [6, 6.07) is 0. The van der Waals surface area contributed by atoms with Crippen molar-refractivity contribution in [1.82, 2.24) is 9.80 Å². The van der Waals surface area contributed by atoms with Crippen LogP contribution < -0.4 is 0 Å². The van der Waals surface area contributed by atoms with E-state index in [9.17, 15) is 19.5 Å². The molecule has 1 fully saturated rings. The molecular weight excluding hydrogens is 276 g/mol. The zero-order valence-electron chi connectivity index (χ0n) is 12.0. The van der Waals surface area contributed by atoms with Crippen LogP contribution in [0.4, 0.5) is 4.79 Å². The molecule has 2 atom stereocenters. The van der Waals surface area contributed by atoms with Crippen LogP contribution in [0.15, 0.2) is 12.2 Å². The predicted octanol–water partition coefficient (Wildman–Crippen LogP) is 0.564. The highest BCUT2D eigenvalue weighted by Crippen LogP contribution is 2.28. The third kappa shape index (κ3) is 3.34. The molecule has 1 aliphatic heterocycles. The normalized spacial score (nSPS) is 25.6. The number of rotatable bonds is 2. The van der Waals surface area contributed by atoms with Crippen molar-refractivity contribution in [2.75, 3.05) is 33.3 Å². The van der Waals surface area contributed by atoms with Crippen molar-refractivity contribution in [2.24, 2.45) is 11.8 Å². The van der Waals surface area contributed by atoms with Crippen molar-refractivity contribution in [2.45, 2.75) is 12.8 Å². The summed E-state index contributed by atoms with van der Waals surface area (Å²) in [4.78, 5) is 38.4. The molecule has 0 bridgehead atoms. The molecule has 7 heteroatoms. The fraction of sp³-hybridized carbons (Fsp3) is 0.643. The minimum Gasteiger partial charge on any atom is -0.481 e. The zero-order chi connectivity index (χ0) is 15.4. The standard InChI is InChI=1S/C14H20N2O5/c1-21-14(20)16-8-6-15(7-9-16)12(17)10-4-2-3-5-11(10)13(18)19/h2-3,10-11H,4-9H2,1H3,(H,18,19)/t10-,11+/m1/s1. The maximum atomic E-state index is 12.5. The van der Waals surface area contributed by atoms with Crippen molar-refractivity contribution in [3.63, 3.8) is 0 Å². The smallest absolute Gasteiger partial charge is 0.409 e. The van der Waals surface area contributed by atoms with Crippen LogP contribution in [0.2, 0.25) is 0 Å². The summed E-state index contributed by atoms with van der Waals surface area (Å²) in [7, 11) is 1.33. The molecule has 2 aliphatic rings. The average molecular weight is 296 g/mol. The molecule has 116 valence electrons. The monoisotopic (exact) mass is 296 g/mol. The van der Waals surface area contributed by atoms with E-state index in [-0.39, 0.29) is 5.91 Å². The van der Waals surface area contributed by atoms with Crippen LogP contribution in [0.25, 0.3) is 0 Å². The third-order valence-corrected chi connectivity index (χ3v) is 4.09. The number of hydrogen-bond donors (Lipinski definition) is 1. The molecule has 1 heterocycles. The number of piperazine rings is 1. The van der Waals surface area contributed by atoms with Crippen molar-refractivity contribution in [1.29, 1.82) is 0 Å². The molecule has 1 aliphatic carbocycles. The number of nitrogens with zero attached hydrogens (tertiary/aromatic N) is 2. The number of amides is 2. The molecule has 7 nitrogen and oxygen atoms in total. The first-order chi connectivity index (χ1) is 10.0. The lowest BCUT2D eigenvalue weighted by Gasteiger charge is -2.37. The van der Waals surface area contributed by atoms with Gasteiger partial charge in [0.25, 0.3) is 0 Å². The Kier molecular flexibility index (Phi) is 4.82. The number of carbonyl (C=O) groups excluding carboxylic acids is 2. The Hall–Kier alpha value is -2.05. The van der Waals surface area contributed by atoms with Crippen LogP contribution in [0, 0.1) is 11.8 Å². The Morgan fingerprint density at radius 2 is 1.52 bits per heavy atom. The second kappa shape index (κ2) is 6.60. The maximum absolute atomic E-state index is 12.5. The van der Waals surface area contributed by atoms with Crippen LogP contribution in [0.1, 0.15) is 12.8 Å². The Morgan fingerprint density at radius 3 is 2.05 bits per heavy atom. The molecule has 1 saturated heterocycles. The molecule has 0 saturated carbocycles. The topological polar surface area (TPSA) is 87.2 Å². The predicted molar refractivity (Wildman–Crippen MR) is 73.5 cm³/mol. The highest BCUT2D eigenvalue weighted by atomic mass is 16.5. The number of carboxylic acids is 1. The molecule has 0 radical (unpaired) electrons. The lowest BCUT2D eigenvalue weighted by atomic mass is 9.82. The highest BCUT2D eigenvalue weighted by Gasteiger charge is 2.37. The molecule has 2 amide bonds. The molecule has 0 aromatic heterocycles. The van der Waals surface area contributed by atoms with Gasteiger partial charge < -0.3 is 19.6 Å². The van der Waals surface area contributed by atoms with Crippen molar-refractivity contribution >= 4 is 18.0 Å². The molecule has 0 aromatic rings. The molecule has 0 spiro atoms. The molecular formula is C14H20N2O5. The van der Waals surface area contributed by atoms with Gasteiger partial charge in [-0.25, -0.2) is 4.79 Å². The second-order valence-corrected chi connectivity index (χ2v) is 5.28. The summed E-state index contributed by atoms with van der Waals surface area (Å²) in [6.45, 7) is 1.67. The molecule has 0 aromatic carbocycles. The van der Waals surface area contributed by atoms with Gasteiger partial charge in [-0.3, -0.25) is 9.59 Å².